The van der Waals surface area contributed by atoms with E-state index in [1.807, 2.05) is 18.9 Å². The van der Waals surface area contributed by atoms with Crippen LogP contribution in [0.4, 0.5) is 4.39 Å². The Morgan fingerprint density at radius 3 is 2.83 bits per heavy atom. The highest BCUT2D eigenvalue weighted by molar-refractivity contribution is 5.89. The Morgan fingerprint density at radius 2 is 2.22 bits per heavy atom. The van der Waals surface area contributed by atoms with E-state index in [-0.39, 0.29) is 5.56 Å². The molecule has 1 N–H and O–H groups in total. The molecular weight excluding hydrogens is 237 g/mol. The number of nitrogens with zero attached hydrogens (tertiary/aromatic N) is 1. The molecule has 1 aromatic carbocycles. The van der Waals surface area contributed by atoms with E-state index in [1.165, 1.54) is 12.1 Å². The molecule has 0 unspecified atom stereocenters. The van der Waals surface area contributed by atoms with E-state index < -0.39 is 11.8 Å². The first-order chi connectivity index (χ1) is 8.54. The lowest BCUT2D eigenvalue weighted by Gasteiger charge is -2.17. The third-order valence-corrected chi connectivity index (χ3v) is 2.56. The fourth-order valence-electron chi connectivity index (χ4n) is 1.64. The van der Waals surface area contributed by atoms with Crippen LogP contribution >= 0.6 is 0 Å². The predicted molar refractivity (Wildman–Crippen MR) is 66.2 cm³/mol. The Balaban J connectivity index is 2.70. The van der Waals surface area contributed by atoms with Crippen LogP contribution in [0.15, 0.2) is 18.2 Å². The summed E-state index contributed by atoms with van der Waals surface area (Å²) in [7, 11) is 1.84. The first-order valence-electron chi connectivity index (χ1n) is 5.82. The number of ether oxygens (including phenoxy) is 1. The van der Waals surface area contributed by atoms with Crippen LogP contribution in [0.3, 0.4) is 0 Å². The molecule has 0 fully saturated rings. The number of carbonyl (C=O) groups is 1. The van der Waals surface area contributed by atoms with Gasteiger partial charge in [-0.2, -0.15) is 0 Å². The van der Waals surface area contributed by atoms with Crippen LogP contribution < -0.4 is 0 Å². The van der Waals surface area contributed by atoms with E-state index in [0.717, 1.165) is 6.07 Å². The summed E-state index contributed by atoms with van der Waals surface area (Å²) in [6.07, 6.45) is 0. The summed E-state index contributed by atoms with van der Waals surface area (Å²) < 4.78 is 18.3. The van der Waals surface area contributed by atoms with E-state index in [4.69, 9.17) is 9.84 Å². The number of rotatable bonds is 7. The lowest BCUT2D eigenvalue weighted by Crippen LogP contribution is -2.24. The monoisotopic (exact) mass is 255 g/mol. The SMILES string of the molecule is CCOCCN(C)Cc1cc(F)ccc1C(=O)O. The Bertz CT molecular complexity index is 409. The molecule has 0 bridgehead atoms. The van der Waals surface area contributed by atoms with Crippen LogP contribution in [0.2, 0.25) is 0 Å². The molecule has 1 aromatic rings. The van der Waals surface area contributed by atoms with Gasteiger partial charge < -0.3 is 9.84 Å². The number of hydrogen-bond acceptors (Lipinski definition) is 3. The van der Waals surface area contributed by atoms with Gasteiger partial charge in [0.2, 0.25) is 0 Å². The molecule has 0 aromatic heterocycles. The number of aromatic carboxylic acids is 1. The van der Waals surface area contributed by atoms with E-state index >= 15 is 0 Å². The number of carboxylic acids is 1. The lowest BCUT2D eigenvalue weighted by atomic mass is 10.1. The van der Waals surface area contributed by atoms with Crippen molar-refractivity contribution in [3.8, 4) is 0 Å². The van der Waals surface area contributed by atoms with Crippen molar-refractivity contribution in [1.29, 1.82) is 0 Å². The van der Waals surface area contributed by atoms with Gasteiger partial charge in [-0.05, 0) is 37.7 Å². The van der Waals surface area contributed by atoms with E-state index in [2.05, 4.69) is 0 Å². The molecule has 18 heavy (non-hydrogen) atoms. The minimum Gasteiger partial charge on any atom is -0.478 e. The van der Waals surface area contributed by atoms with Gasteiger partial charge in [0.15, 0.2) is 0 Å². The Hall–Kier alpha value is -1.46. The van der Waals surface area contributed by atoms with Crippen molar-refractivity contribution in [3.63, 3.8) is 0 Å². The molecule has 5 heteroatoms. The summed E-state index contributed by atoms with van der Waals surface area (Å²) >= 11 is 0. The van der Waals surface area contributed by atoms with Crippen molar-refractivity contribution in [1.82, 2.24) is 4.90 Å². The molecular formula is C13H18FNO3. The maximum Gasteiger partial charge on any atom is 0.336 e. The minimum atomic E-state index is -1.04. The number of hydrogen-bond donors (Lipinski definition) is 1. The second kappa shape index (κ2) is 7.08. The zero-order chi connectivity index (χ0) is 13.5. The highest BCUT2D eigenvalue weighted by Gasteiger charge is 2.12. The zero-order valence-electron chi connectivity index (χ0n) is 10.6. The van der Waals surface area contributed by atoms with Gasteiger partial charge >= 0.3 is 5.97 Å². The highest BCUT2D eigenvalue weighted by Crippen LogP contribution is 2.13. The lowest BCUT2D eigenvalue weighted by molar-refractivity contribution is 0.0694. The fraction of sp³-hybridized carbons (Fsp3) is 0.462. The van der Waals surface area contributed by atoms with E-state index in [1.54, 1.807) is 0 Å². The predicted octanol–water partition coefficient (Wildman–Crippen LogP) is 1.99. The average molecular weight is 255 g/mol. The van der Waals surface area contributed by atoms with Crippen molar-refractivity contribution in [2.75, 3.05) is 26.8 Å². The van der Waals surface area contributed by atoms with Gasteiger partial charge in [-0.15, -0.1) is 0 Å². The topological polar surface area (TPSA) is 49.8 Å². The van der Waals surface area contributed by atoms with Gasteiger partial charge in [-0.3, -0.25) is 4.90 Å². The maximum atomic E-state index is 13.1. The molecule has 0 atom stereocenters. The number of carboxylic acid groups (broad SMARTS) is 1. The minimum absolute atomic E-state index is 0.139. The van der Waals surface area contributed by atoms with Gasteiger partial charge in [0.1, 0.15) is 5.82 Å². The second-order valence-electron chi connectivity index (χ2n) is 4.04. The van der Waals surface area contributed by atoms with Gasteiger partial charge in [0.05, 0.1) is 12.2 Å². The van der Waals surface area contributed by atoms with Crippen LogP contribution in [0, 0.1) is 5.82 Å². The van der Waals surface area contributed by atoms with E-state index in [9.17, 15) is 9.18 Å². The van der Waals surface area contributed by atoms with Crippen LogP contribution in [-0.4, -0.2) is 42.8 Å². The molecule has 4 nitrogen and oxygen atoms in total. The summed E-state index contributed by atoms with van der Waals surface area (Å²) in [6, 6.07) is 3.72. The van der Waals surface area contributed by atoms with Crippen LogP contribution in [0.1, 0.15) is 22.8 Å². The molecule has 0 saturated heterocycles. The molecule has 1 rings (SSSR count). The Morgan fingerprint density at radius 1 is 1.50 bits per heavy atom. The number of benzene rings is 1. The summed E-state index contributed by atoms with van der Waals surface area (Å²) in [6.45, 7) is 4.18. The number of halogens is 1. The molecule has 0 aliphatic rings. The largest absolute Gasteiger partial charge is 0.478 e. The van der Waals surface area contributed by atoms with Crippen molar-refractivity contribution in [2.24, 2.45) is 0 Å². The summed E-state index contributed by atoms with van der Waals surface area (Å²) in [5.41, 5.74) is 0.612. The normalized spacial score (nSPS) is 10.9. The molecule has 0 heterocycles. The highest BCUT2D eigenvalue weighted by atomic mass is 19.1. The van der Waals surface area contributed by atoms with Gasteiger partial charge in [-0.25, -0.2) is 9.18 Å². The molecule has 0 spiro atoms. The van der Waals surface area contributed by atoms with Gasteiger partial charge in [0.25, 0.3) is 0 Å². The molecule has 0 amide bonds. The van der Waals surface area contributed by atoms with Gasteiger partial charge in [0, 0.05) is 19.7 Å². The molecule has 0 aliphatic carbocycles. The van der Waals surface area contributed by atoms with E-state index in [0.29, 0.717) is 31.9 Å². The maximum absolute atomic E-state index is 13.1. The summed E-state index contributed by atoms with van der Waals surface area (Å²) in [5.74, 6) is -1.46. The third-order valence-electron chi connectivity index (χ3n) is 2.56. The second-order valence-corrected chi connectivity index (χ2v) is 4.04. The Kier molecular flexibility index (Phi) is 5.74. The van der Waals surface area contributed by atoms with Crippen molar-refractivity contribution in [2.45, 2.75) is 13.5 Å². The standard InChI is InChI=1S/C13H18FNO3/c1-3-18-7-6-15(2)9-10-8-11(14)4-5-12(10)13(16)17/h4-5,8H,3,6-7,9H2,1-2H3,(H,16,17). The smallest absolute Gasteiger partial charge is 0.336 e. The first kappa shape index (κ1) is 14.6. The van der Waals surface area contributed by atoms with Crippen molar-refractivity contribution in [3.05, 3.63) is 35.1 Å². The average Bonchev–Trinajstić information content (AvgIpc) is 2.29. The van der Waals surface area contributed by atoms with Crippen LogP contribution in [0.25, 0.3) is 0 Å². The summed E-state index contributed by atoms with van der Waals surface area (Å²) in [4.78, 5) is 12.9. The Labute approximate surface area is 106 Å². The first-order valence-corrected chi connectivity index (χ1v) is 5.82. The number of likely N-dealkylation sites (N-methyl/N-ethyl adjacent to an activating group) is 1. The van der Waals surface area contributed by atoms with Crippen LogP contribution in [-0.2, 0) is 11.3 Å². The fourth-order valence-corrected chi connectivity index (χ4v) is 1.64. The van der Waals surface area contributed by atoms with Crippen LogP contribution in [0.5, 0.6) is 0 Å². The molecule has 100 valence electrons. The summed E-state index contributed by atoms with van der Waals surface area (Å²) in [5, 5.41) is 9.02. The quantitative estimate of drug-likeness (QED) is 0.757. The molecule has 0 radical (unpaired) electrons. The molecule has 0 saturated carbocycles. The third kappa shape index (κ3) is 4.43. The zero-order valence-corrected chi connectivity index (χ0v) is 10.6. The van der Waals surface area contributed by atoms with Crippen molar-refractivity contribution < 1.29 is 19.0 Å². The van der Waals surface area contributed by atoms with Crippen molar-refractivity contribution >= 4 is 5.97 Å². The molecule has 0 aliphatic heterocycles. The van der Waals surface area contributed by atoms with Gasteiger partial charge in [-0.1, -0.05) is 0 Å².